The van der Waals surface area contributed by atoms with Crippen LogP contribution in [0.5, 0.6) is 0 Å². The molecule has 1 aromatic heterocycles. The Balaban J connectivity index is 1.81. The molecule has 0 spiro atoms. The van der Waals surface area contributed by atoms with Gasteiger partial charge in [-0.05, 0) is 50.1 Å². The number of H-pyrrole nitrogens is 1. The summed E-state index contributed by atoms with van der Waals surface area (Å²) >= 11 is 7.25. The third-order valence-corrected chi connectivity index (χ3v) is 6.42. The van der Waals surface area contributed by atoms with Crippen molar-refractivity contribution in [2.75, 3.05) is 10.6 Å². The number of aryl methyl sites for hydroxylation is 2. The average Bonchev–Trinajstić information content (AvgIpc) is 2.75. The van der Waals surface area contributed by atoms with Gasteiger partial charge < -0.3 is 10.6 Å². The van der Waals surface area contributed by atoms with E-state index in [1.807, 2.05) is 32.9 Å². The smallest absolute Gasteiger partial charge is 0.278 e. The molecule has 3 aromatic rings. The maximum Gasteiger partial charge on any atom is 0.278 e. The van der Waals surface area contributed by atoms with E-state index in [2.05, 4.69) is 25.8 Å². The number of halogens is 1. The van der Waals surface area contributed by atoms with E-state index in [1.165, 1.54) is 6.92 Å². The van der Waals surface area contributed by atoms with E-state index >= 15 is 0 Å². The van der Waals surface area contributed by atoms with E-state index in [0.29, 0.717) is 28.4 Å². The molecule has 0 bridgehead atoms. The number of nitrogens with one attached hydrogen (secondary N) is 3. The lowest BCUT2D eigenvalue weighted by Crippen LogP contribution is -2.25. The molecule has 0 aliphatic carbocycles. The highest BCUT2D eigenvalue weighted by Crippen LogP contribution is 2.27. The van der Waals surface area contributed by atoms with Crippen LogP contribution in [0.2, 0.25) is 5.02 Å². The Kier molecular flexibility index (Phi) is 7.88. The SMILES string of the molecule is CC[C@@H](Sc1nnc(-c2cc(C)ccc2NC(C)=O)c(=O)[nH]1)C(=O)Nc1ccc(C)c(Cl)c1. The van der Waals surface area contributed by atoms with Crippen LogP contribution in [0.1, 0.15) is 31.4 Å². The van der Waals surface area contributed by atoms with E-state index in [-0.39, 0.29) is 22.7 Å². The minimum atomic E-state index is -0.505. The number of nitrogens with zero attached hydrogens (tertiary/aromatic N) is 2. The monoisotopic (exact) mass is 485 g/mol. The van der Waals surface area contributed by atoms with Crippen LogP contribution in [0.4, 0.5) is 11.4 Å². The maximum atomic E-state index is 12.8. The molecule has 33 heavy (non-hydrogen) atoms. The lowest BCUT2D eigenvalue weighted by Gasteiger charge is -2.14. The highest BCUT2D eigenvalue weighted by Gasteiger charge is 2.21. The molecule has 1 atom stereocenters. The molecule has 0 aliphatic rings. The Bertz CT molecular complexity index is 1260. The van der Waals surface area contributed by atoms with E-state index in [1.54, 1.807) is 24.3 Å². The summed E-state index contributed by atoms with van der Waals surface area (Å²) in [5.41, 5.74) is 2.96. The van der Waals surface area contributed by atoms with E-state index in [9.17, 15) is 14.4 Å². The number of aromatic nitrogens is 3. The highest BCUT2D eigenvalue weighted by atomic mass is 35.5. The Morgan fingerprint density at radius 1 is 1.12 bits per heavy atom. The second kappa shape index (κ2) is 10.6. The van der Waals surface area contributed by atoms with Gasteiger partial charge in [-0.3, -0.25) is 19.4 Å². The van der Waals surface area contributed by atoms with Crippen molar-refractivity contribution in [3.63, 3.8) is 0 Å². The number of hydrogen-bond donors (Lipinski definition) is 3. The number of hydrogen-bond acceptors (Lipinski definition) is 6. The fourth-order valence-corrected chi connectivity index (χ4v) is 4.08. The quantitative estimate of drug-likeness (QED) is 0.422. The molecule has 2 aromatic carbocycles. The number of carbonyl (C=O) groups excluding carboxylic acids is 2. The second-order valence-electron chi connectivity index (χ2n) is 7.51. The van der Waals surface area contributed by atoms with Crippen molar-refractivity contribution >= 4 is 46.6 Å². The minimum Gasteiger partial charge on any atom is -0.326 e. The van der Waals surface area contributed by atoms with Crippen molar-refractivity contribution in [2.24, 2.45) is 0 Å². The fourth-order valence-electron chi connectivity index (χ4n) is 3.05. The number of benzene rings is 2. The molecule has 1 heterocycles. The summed E-state index contributed by atoms with van der Waals surface area (Å²) in [6.07, 6.45) is 0.506. The van der Waals surface area contributed by atoms with Crippen molar-refractivity contribution < 1.29 is 9.59 Å². The number of aromatic amines is 1. The van der Waals surface area contributed by atoms with Crippen LogP contribution >= 0.6 is 23.4 Å². The first-order valence-corrected chi connectivity index (χ1v) is 11.5. The van der Waals surface area contributed by atoms with Gasteiger partial charge in [-0.2, -0.15) is 0 Å². The minimum absolute atomic E-state index is 0.0820. The predicted molar refractivity (Wildman–Crippen MR) is 132 cm³/mol. The van der Waals surface area contributed by atoms with E-state index in [0.717, 1.165) is 22.9 Å². The van der Waals surface area contributed by atoms with Crippen LogP contribution in [-0.4, -0.2) is 32.2 Å². The molecule has 3 N–H and O–H groups in total. The molecule has 2 amide bonds. The molecular weight excluding hydrogens is 462 g/mol. The van der Waals surface area contributed by atoms with Crippen molar-refractivity contribution in [3.05, 3.63) is 62.9 Å². The van der Waals surface area contributed by atoms with Crippen LogP contribution in [0.25, 0.3) is 11.3 Å². The first-order valence-electron chi connectivity index (χ1n) is 10.3. The summed E-state index contributed by atoms with van der Waals surface area (Å²) in [6.45, 7) is 7.01. The Morgan fingerprint density at radius 3 is 2.52 bits per heavy atom. The lowest BCUT2D eigenvalue weighted by atomic mass is 10.1. The topological polar surface area (TPSA) is 117 Å². The van der Waals surface area contributed by atoms with E-state index in [4.69, 9.17) is 11.6 Å². The first-order chi connectivity index (χ1) is 15.7. The molecule has 10 heteroatoms. The molecule has 0 radical (unpaired) electrons. The van der Waals surface area contributed by atoms with Crippen molar-refractivity contribution in [1.82, 2.24) is 15.2 Å². The predicted octanol–water partition coefficient (Wildman–Crippen LogP) is 4.57. The van der Waals surface area contributed by atoms with Gasteiger partial charge in [0.15, 0.2) is 10.9 Å². The zero-order valence-corrected chi connectivity index (χ0v) is 20.2. The van der Waals surface area contributed by atoms with Crippen molar-refractivity contribution in [2.45, 2.75) is 44.5 Å². The van der Waals surface area contributed by atoms with Gasteiger partial charge in [-0.15, -0.1) is 10.2 Å². The molecule has 172 valence electrons. The molecule has 0 aliphatic heterocycles. The van der Waals surface area contributed by atoms with Gasteiger partial charge in [0, 0.05) is 23.2 Å². The van der Waals surface area contributed by atoms with Crippen LogP contribution in [0.15, 0.2) is 46.3 Å². The second-order valence-corrected chi connectivity index (χ2v) is 9.10. The number of amides is 2. The standard InChI is InChI=1S/C23H24ClN5O3S/c1-5-19(21(31)26-15-8-7-13(3)17(24)11-15)33-23-27-22(32)20(28-29-23)16-10-12(2)6-9-18(16)25-14(4)30/h6-11,19H,5H2,1-4H3,(H,25,30)(H,26,31)(H,27,29,32)/t19-/m1/s1. The normalized spacial score (nSPS) is 11.7. The maximum absolute atomic E-state index is 12.8. The number of anilines is 2. The molecule has 0 unspecified atom stereocenters. The first kappa shape index (κ1) is 24.5. The summed E-state index contributed by atoms with van der Waals surface area (Å²) in [5, 5.41) is 14.0. The van der Waals surface area contributed by atoms with Gasteiger partial charge in [0.1, 0.15) is 0 Å². The van der Waals surface area contributed by atoms with Crippen LogP contribution in [0, 0.1) is 13.8 Å². The largest absolute Gasteiger partial charge is 0.326 e. The summed E-state index contributed by atoms with van der Waals surface area (Å²) < 4.78 is 0. The summed E-state index contributed by atoms with van der Waals surface area (Å²) in [7, 11) is 0. The van der Waals surface area contributed by atoms with Gasteiger partial charge in [0.2, 0.25) is 11.8 Å². The number of thioether (sulfide) groups is 1. The molecule has 0 saturated carbocycles. The summed E-state index contributed by atoms with van der Waals surface area (Å²) in [4.78, 5) is 39.8. The third-order valence-electron chi connectivity index (χ3n) is 4.77. The fraction of sp³-hybridized carbons (Fsp3) is 0.261. The number of rotatable bonds is 7. The molecular formula is C23H24ClN5O3S. The molecule has 3 rings (SSSR count). The summed E-state index contributed by atoms with van der Waals surface area (Å²) in [6, 6.07) is 10.6. The summed E-state index contributed by atoms with van der Waals surface area (Å²) in [5.74, 6) is -0.496. The third kappa shape index (κ3) is 6.21. The van der Waals surface area contributed by atoms with Crippen molar-refractivity contribution in [1.29, 1.82) is 0 Å². The molecule has 0 saturated heterocycles. The zero-order valence-electron chi connectivity index (χ0n) is 18.7. The van der Waals surface area contributed by atoms with Crippen LogP contribution in [-0.2, 0) is 9.59 Å². The Hall–Kier alpha value is -3.17. The molecule has 8 nitrogen and oxygen atoms in total. The number of carbonyl (C=O) groups is 2. The van der Waals surface area contributed by atoms with Gasteiger partial charge in [-0.1, -0.05) is 48.0 Å². The van der Waals surface area contributed by atoms with E-state index < -0.39 is 10.8 Å². The van der Waals surface area contributed by atoms with Crippen LogP contribution < -0.4 is 16.2 Å². The van der Waals surface area contributed by atoms with Crippen LogP contribution in [0.3, 0.4) is 0 Å². The lowest BCUT2D eigenvalue weighted by molar-refractivity contribution is -0.116. The van der Waals surface area contributed by atoms with Gasteiger partial charge in [0.25, 0.3) is 5.56 Å². The highest BCUT2D eigenvalue weighted by molar-refractivity contribution is 8.00. The van der Waals surface area contributed by atoms with Gasteiger partial charge in [0.05, 0.1) is 10.9 Å². The van der Waals surface area contributed by atoms with Gasteiger partial charge >= 0.3 is 0 Å². The van der Waals surface area contributed by atoms with Crippen molar-refractivity contribution in [3.8, 4) is 11.3 Å². The van der Waals surface area contributed by atoms with Gasteiger partial charge in [-0.25, -0.2) is 0 Å². The molecule has 0 fully saturated rings. The Labute approximate surface area is 200 Å². The average molecular weight is 486 g/mol. The Morgan fingerprint density at radius 2 is 1.88 bits per heavy atom. The zero-order chi connectivity index (χ0) is 24.1.